The number of allylic oxidation sites excluding steroid dienone is 2. The van der Waals surface area contributed by atoms with Gasteiger partial charge in [0, 0.05) is 0 Å². The van der Waals surface area contributed by atoms with Crippen LogP contribution in [-0.4, -0.2) is 5.71 Å². The smallest absolute Gasteiger partial charge is 0.659 e. The van der Waals surface area contributed by atoms with Crippen LogP contribution in [0.3, 0.4) is 0 Å². The third-order valence-corrected chi connectivity index (χ3v) is 11.7. The summed E-state index contributed by atoms with van der Waals surface area (Å²) in [5, 5.41) is 0. The van der Waals surface area contributed by atoms with Crippen LogP contribution in [-0.2, 0) is 27.3 Å². The van der Waals surface area contributed by atoms with E-state index in [1.165, 1.54) is 16.7 Å². The quantitative estimate of drug-likeness (QED) is 0.0767. The minimum atomic E-state index is -0.668. The topological polar surface area (TPSA) is 26.5 Å². The molecule has 2 heterocycles. The van der Waals surface area contributed by atoms with Gasteiger partial charge in [0.25, 0.3) is 0 Å². The monoisotopic (exact) mass is 818 g/mol. The van der Waals surface area contributed by atoms with Crippen molar-refractivity contribution in [3.05, 3.63) is 299 Å². The van der Waals surface area contributed by atoms with E-state index >= 15 is 0 Å². The summed E-state index contributed by atoms with van der Waals surface area (Å²) in [6.45, 7) is 6.60. The van der Waals surface area contributed by atoms with Gasteiger partial charge in [-0.25, -0.2) is 0 Å². The van der Waals surface area contributed by atoms with Crippen molar-refractivity contribution in [3.63, 3.8) is 0 Å². The van der Waals surface area contributed by atoms with Gasteiger partial charge in [0.1, 0.15) is 0 Å². The van der Waals surface area contributed by atoms with Gasteiger partial charge < -0.3 is 12.4 Å². The van der Waals surface area contributed by atoms with Gasteiger partial charge in [0.15, 0.2) is 0 Å². The zero-order chi connectivity index (χ0) is 39.5. The number of aryl methyl sites for hydroxylation is 3. The molecule has 0 spiro atoms. The molecule has 0 saturated carbocycles. The number of benzene rings is 7. The summed E-state index contributed by atoms with van der Waals surface area (Å²) in [4.78, 5) is 11.5. The summed E-state index contributed by atoms with van der Waals surface area (Å²) >= 11 is 0. The van der Waals surface area contributed by atoms with E-state index in [4.69, 9.17) is 9.98 Å². The molecule has 0 radical (unpaired) electrons. The Morgan fingerprint density at radius 2 is 0.783 bits per heavy atom. The normalized spacial score (nSPS) is 13.2. The molecule has 0 unspecified atom stereocenters. The summed E-state index contributed by atoms with van der Waals surface area (Å²) in [6.07, 6.45) is 4.44. The number of rotatable bonds is 10. The predicted molar refractivity (Wildman–Crippen MR) is 247 cm³/mol. The molecule has 0 aliphatic carbocycles. The Hall–Kier alpha value is -6.54. The number of nitrogens with zero attached hydrogens (tertiary/aromatic N) is 2. The largest absolute Gasteiger partial charge is 2.00 e. The Morgan fingerprint density at radius 1 is 0.433 bits per heavy atom. The second-order valence-electron chi connectivity index (χ2n) is 15.3. The van der Waals surface area contributed by atoms with Gasteiger partial charge in [-0.1, -0.05) is 212 Å². The summed E-state index contributed by atoms with van der Waals surface area (Å²) in [5.41, 5.74) is 15.2. The first kappa shape index (κ1) is 41.6. The maximum atomic E-state index is 5.74. The summed E-state index contributed by atoms with van der Waals surface area (Å²) in [5.74, 6) is 0. The van der Waals surface area contributed by atoms with E-state index in [0.717, 1.165) is 67.3 Å². The molecule has 1 aliphatic rings. The average Bonchev–Trinajstić information content (AvgIpc) is 3.97. The van der Waals surface area contributed by atoms with Crippen LogP contribution < -0.4 is 4.98 Å². The molecule has 7 aromatic carbocycles. The first-order valence-electron chi connectivity index (χ1n) is 20.1. The average molecular weight is 820 g/mol. The second-order valence-corrected chi connectivity index (χ2v) is 15.3. The summed E-state index contributed by atoms with van der Waals surface area (Å²) in [7, 11) is 0. The SMILES string of the molecule is Cc1cc(C)c(C(=C2C=CC(C(c3ccccc3)(c3ccccc3)c3ccccc3)=N2)c2ccc(C(c3ccccc3)(c3ccccc3)c3ccccc3)[n-]2)c(C)c1.[CH3-].[Ni+2]. The van der Waals surface area contributed by atoms with E-state index in [0.29, 0.717) is 0 Å². The molecule has 60 heavy (non-hydrogen) atoms. The molecule has 0 atom stereocenters. The third-order valence-electron chi connectivity index (χ3n) is 11.7. The van der Waals surface area contributed by atoms with Crippen LogP contribution >= 0.6 is 0 Å². The second kappa shape index (κ2) is 17.8. The van der Waals surface area contributed by atoms with Crippen molar-refractivity contribution in [2.45, 2.75) is 31.6 Å². The van der Waals surface area contributed by atoms with Crippen molar-refractivity contribution >= 4 is 11.3 Å². The Balaban J connectivity index is 0.00000272. The van der Waals surface area contributed by atoms with Gasteiger partial charge in [-0.05, 0) is 88.6 Å². The molecule has 1 aromatic heterocycles. The number of aromatic nitrogens is 1. The van der Waals surface area contributed by atoms with Gasteiger partial charge in [0.05, 0.1) is 22.2 Å². The molecule has 296 valence electrons. The van der Waals surface area contributed by atoms with Crippen molar-refractivity contribution in [3.8, 4) is 0 Å². The van der Waals surface area contributed by atoms with E-state index in [1.54, 1.807) is 0 Å². The van der Waals surface area contributed by atoms with Crippen molar-refractivity contribution in [1.29, 1.82) is 0 Å². The van der Waals surface area contributed by atoms with Gasteiger partial charge in [-0.15, -0.1) is 11.4 Å². The van der Waals surface area contributed by atoms with Gasteiger partial charge >= 0.3 is 16.5 Å². The zero-order valence-corrected chi connectivity index (χ0v) is 35.5. The van der Waals surface area contributed by atoms with Crippen LogP contribution in [0.15, 0.2) is 229 Å². The molecule has 0 bridgehead atoms. The van der Waals surface area contributed by atoms with Crippen LogP contribution in [0.5, 0.6) is 0 Å². The maximum Gasteiger partial charge on any atom is 2.00 e. The van der Waals surface area contributed by atoms with E-state index in [1.807, 2.05) is 0 Å². The van der Waals surface area contributed by atoms with Crippen LogP contribution in [0.1, 0.15) is 67.0 Å². The third kappa shape index (κ3) is 7.14. The number of aliphatic imine (C=N–C) groups is 1. The van der Waals surface area contributed by atoms with Crippen LogP contribution in [0.25, 0.3) is 5.57 Å². The van der Waals surface area contributed by atoms with Crippen molar-refractivity contribution in [1.82, 2.24) is 4.98 Å². The molecule has 0 N–H and O–H groups in total. The molecule has 0 saturated heterocycles. The molecule has 0 amide bonds. The van der Waals surface area contributed by atoms with E-state index in [-0.39, 0.29) is 23.9 Å². The molecular formula is C57H48N2Ni. The minimum absolute atomic E-state index is 0. The first-order chi connectivity index (χ1) is 28.5. The van der Waals surface area contributed by atoms with Crippen molar-refractivity contribution < 1.29 is 16.5 Å². The van der Waals surface area contributed by atoms with Gasteiger partial charge in [-0.3, -0.25) is 4.99 Å². The molecule has 1 aliphatic heterocycles. The van der Waals surface area contributed by atoms with Crippen LogP contribution in [0.4, 0.5) is 0 Å². The van der Waals surface area contributed by atoms with E-state index in [9.17, 15) is 0 Å². The molecular weight excluding hydrogens is 771 g/mol. The minimum Gasteiger partial charge on any atom is -0.659 e. The molecule has 0 fully saturated rings. The van der Waals surface area contributed by atoms with Crippen LogP contribution in [0, 0.1) is 28.2 Å². The molecule has 8 aromatic rings. The molecule has 9 rings (SSSR count). The predicted octanol–water partition coefficient (Wildman–Crippen LogP) is 13.2. The van der Waals surface area contributed by atoms with Crippen LogP contribution in [0.2, 0.25) is 0 Å². The standard InChI is InChI=1S/C56H45N2.CH3.Ni/c1-40-38-41(2)53(42(3)39-40)54(49-34-36-51(57-49)55(43-22-10-4-11-23-43,44-24-12-5-13-25-44)45-26-14-6-15-27-45)50-35-37-52(58-50)56(46-28-16-7-17-29-46,47-30-18-8-19-31-47)48-32-20-9-21-33-48;;/h4-39H,1-3H3;1H3;/q2*-1;+2. The maximum absolute atomic E-state index is 5.74. The van der Waals surface area contributed by atoms with Crippen molar-refractivity contribution in [2.24, 2.45) is 4.99 Å². The van der Waals surface area contributed by atoms with E-state index < -0.39 is 10.8 Å². The fraction of sp³-hybridized carbons (Fsp3) is 0.0877. The number of hydrogen-bond donors (Lipinski definition) is 0. The summed E-state index contributed by atoms with van der Waals surface area (Å²) < 4.78 is 0. The fourth-order valence-corrected chi connectivity index (χ4v) is 9.40. The Morgan fingerprint density at radius 3 is 1.15 bits per heavy atom. The zero-order valence-electron chi connectivity index (χ0n) is 34.5. The van der Waals surface area contributed by atoms with Gasteiger partial charge in [0.2, 0.25) is 0 Å². The Kier molecular flexibility index (Phi) is 12.3. The fourth-order valence-electron chi connectivity index (χ4n) is 9.40. The van der Waals surface area contributed by atoms with Gasteiger partial charge in [-0.2, -0.15) is 0 Å². The number of hydrogen-bond acceptors (Lipinski definition) is 1. The summed E-state index contributed by atoms with van der Waals surface area (Å²) in [6, 6.07) is 73.8. The van der Waals surface area contributed by atoms with E-state index in [2.05, 4.69) is 239 Å². The Bertz CT molecular complexity index is 2550. The molecule has 3 heteroatoms. The Labute approximate surface area is 366 Å². The first-order valence-corrected chi connectivity index (χ1v) is 20.1. The van der Waals surface area contributed by atoms with Crippen molar-refractivity contribution in [2.75, 3.05) is 0 Å². The molecule has 2 nitrogen and oxygen atoms in total.